The van der Waals surface area contributed by atoms with E-state index in [1.165, 1.54) is 25.3 Å². The summed E-state index contributed by atoms with van der Waals surface area (Å²) in [5.41, 5.74) is 2.11. The molecule has 0 radical (unpaired) electrons. The number of methoxy groups -OCH3 is 1. The topological polar surface area (TPSA) is 67.4 Å². The summed E-state index contributed by atoms with van der Waals surface area (Å²) in [6, 6.07) is 21.7. The molecule has 39 heavy (non-hydrogen) atoms. The molecule has 1 aliphatic carbocycles. The molecule has 1 aliphatic heterocycles. The van der Waals surface area contributed by atoms with Crippen LogP contribution < -0.4 is 15.4 Å². The molecule has 1 heterocycles. The lowest BCUT2D eigenvalue weighted by Crippen LogP contribution is -2.37. The van der Waals surface area contributed by atoms with Crippen LogP contribution in [-0.4, -0.2) is 18.8 Å². The number of Topliss-reactive ketones (excluding diaryl/α,β-unsaturated/α-hetero) is 1. The molecular formula is C31H27F3N2O3. The van der Waals surface area contributed by atoms with Crippen LogP contribution in [-0.2, 0) is 15.8 Å². The fourth-order valence-corrected chi connectivity index (χ4v) is 5.55. The highest BCUT2D eigenvalue weighted by Gasteiger charge is 2.42. The molecule has 3 aromatic carbocycles. The monoisotopic (exact) mass is 532 g/mol. The third-order valence-corrected chi connectivity index (χ3v) is 7.27. The second-order valence-electron chi connectivity index (χ2n) is 9.67. The molecule has 8 heteroatoms. The van der Waals surface area contributed by atoms with Gasteiger partial charge < -0.3 is 15.4 Å². The van der Waals surface area contributed by atoms with Crippen LogP contribution in [0.2, 0.25) is 0 Å². The van der Waals surface area contributed by atoms with Crippen LogP contribution in [0.25, 0.3) is 0 Å². The van der Waals surface area contributed by atoms with Gasteiger partial charge in [0.25, 0.3) is 5.91 Å². The Balaban J connectivity index is 1.60. The molecule has 0 bridgehead atoms. The minimum absolute atomic E-state index is 0.0369. The zero-order valence-corrected chi connectivity index (χ0v) is 21.4. The fraction of sp³-hybridized carbons (Fsp3) is 0.226. The Kier molecular flexibility index (Phi) is 7.04. The van der Waals surface area contributed by atoms with Gasteiger partial charge in [-0.05, 0) is 43.0 Å². The molecule has 200 valence electrons. The van der Waals surface area contributed by atoms with Gasteiger partial charge >= 0.3 is 6.18 Å². The number of para-hydroxylation sites is 2. The van der Waals surface area contributed by atoms with Gasteiger partial charge in [0.2, 0.25) is 0 Å². The Morgan fingerprint density at radius 2 is 1.62 bits per heavy atom. The first kappa shape index (κ1) is 26.3. The highest BCUT2D eigenvalue weighted by atomic mass is 19.4. The summed E-state index contributed by atoms with van der Waals surface area (Å²) >= 11 is 0. The molecule has 0 fully saturated rings. The summed E-state index contributed by atoms with van der Waals surface area (Å²) in [6.45, 7) is 1.70. The standard InChI is InChI=1S/C31H27F3N2O3/c1-18-27(30(38)36-23-14-8-7-13-22(23)31(32,33)34)28(21-12-6-9-15-26(21)39-2)29-24(35-18)16-20(17-25(29)37)19-10-4-3-5-11-19/h3-15,20,28,35H,16-17H2,1-2H3,(H,36,38)/t20-,28+/m0/s1. The van der Waals surface area contributed by atoms with E-state index in [2.05, 4.69) is 10.6 Å². The average Bonchev–Trinajstić information content (AvgIpc) is 2.92. The number of rotatable bonds is 5. The number of ether oxygens (including phenoxy) is 1. The quantitative estimate of drug-likeness (QED) is 0.383. The van der Waals surface area contributed by atoms with Crippen LogP contribution >= 0.6 is 0 Å². The molecular weight excluding hydrogens is 505 g/mol. The molecule has 5 rings (SSSR count). The summed E-state index contributed by atoms with van der Waals surface area (Å²) < 4.78 is 46.6. The van der Waals surface area contributed by atoms with Crippen molar-refractivity contribution < 1.29 is 27.5 Å². The fourth-order valence-electron chi connectivity index (χ4n) is 5.55. The van der Waals surface area contributed by atoms with E-state index in [1.807, 2.05) is 30.3 Å². The third-order valence-electron chi connectivity index (χ3n) is 7.27. The lowest BCUT2D eigenvalue weighted by molar-refractivity contribution is -0.137. The summed E-state index contributed by atoms with van der Waals surface area (Å²) in [5.74, 6) is -1.23. The lowest BCUT2D eigenvalue weighted by Gasteiger charge is -2.37. The first-order chi connectivity index (χ1) is 18.7. The summed E-state index contributed by atoms with van der Waals surface area (Å²) in [5, 5.41) is 5.73. The number of anilines is 1. The third kappa shape index (κ3) is 5.06. The number of amides is 1. The largest absolute Gasteiger partial charge is 0.496 e. The lowest BCUT2D eigenvalue weighted by atomic mass is 9.71. The van der Waals surface area contributed by atoms with Gasteiger partial charge in [0.1, 0.15) is 5.75 Å². The van der Waals surface area contributed by atoms with Crippen LogP contribution in [0.5, 0.6) is 5.75 Å². The van der Waals surface area contributed by atoms with Gasteiger partial charge in [-0.1, -0.05) is 60.7 Å². The number of carbonyl (C=O) groups is 2. The maximum atomic E-state index is 13.8. The van der Waals surface area contributed by atoms with Gasteiger partial charge in [-0.3, -0.25) is 9.59 Å². The van der Waals surface area contributed by atoms with E-state index in [4.69, 9.17) is 4.74 Å². The average molecular weight is 533 g/mol. The van der Waals surface area contributed by atoms with Crippen molar-refractivity contribution in [3.05, 3.63) is 118 Å². The molecule has 5 nitrogen and oxygen atoms in total. The molecule has 2 atom stereocenters. The van der Waals surface area contributed by atoms with Crippen molar-refractivity contribution in [2.75, 3.05) is 12.4 Å². The normalized spacial score (nSPS) is 19.4. The zero-order valence-electron chi connectivity index (χ0n) is 21.4. The number of hydrogen-bond acceptors (Lipinski definition) is 4. The number of allylic oxidation sites excluding steroid dienone is 3. The van der Waals surface area contributed by atoms with Gasteiger partial charge in [-0.2, -0.15) is 13.2 Å². The predicted molar refractivity (Wildman–Crippen MR) is 142 cm³/mol. The van der Waals surface area contributed by atoms with E-state index in [-0.39, 0.29) is 29.4 Å². The highest BCUT2D eigenvalue weighted by Crippen LogP contribution is 2.48. The van der Waals surface area contributed by atoms with Crippen LogP contribution in [0.4, 0.5) is 18.9 Å². The predicted octanol–water partition coefficient (Wildman–Crippen LogP) is 6.71. The van der Waals surface area contributed by atoms with E-state index < -0.39 is 23.6 Å². The van der Waals surface area contributed by atoms with Crippen LogP contribution in [0.3, 0.4) is 0 Å². The highest BCUT2D eigenvalue weighted by molar-refractivity contribution is 6.10. The number of nitrogens with one attached hydrogen (secondary N) is 2. The maximum Gasteiger partial charge on any atom is 0.418 e. The van der Waals surface area contributed by atoms with Crippen molar-refractivity contribution in [1.29, 1.82) is 0 Å². The SMILES string of the molecule is COc1ccccc1[C@@H]1C(C(=O)Nc2ccccc2C(F)(F)F)=C(C)NC2=C1C(=O)C[C@@H](c1ccccc1)C2. The minimum Gasteiger partial charge on any atom is -0.496 e. The van der Waals surface area contributed by atoms with Crippen molar-refractivity contribution in [2.45, 2.75) is 37.8 Å². The van der Waals surface area contributed by atoms with Gasteiger partial charge in [-0.25, -0.2) is 0 Å². The number of benzene rings is 3. The van der Waals surface area contributed by atoms with Crippen LogP contribution in [0.15, 0.2) is 101 Å². The van der Waals surface area contributed by atoms with E-state index in [0.29, 0.717) is 34.7 Å². The molecule has 2 N–H and O–H groups in total. The van der Waals surface area contributed by atoms with E-state index in [0.717, 1.165) is 11.6 Å². The molecule has 0 aromatic heterocycles. The molecule has 2 aliphatic rings. The first-order valence-electron chi connectivity index (χ1n) is 12.6. The van der Waals surface area contributed by atoms with Gasteiger partial charge in [-0.15, -0.1) is 0 Å². The second kappa shape index (κ2) is 10.4. The Hall–Kier alpha value is -4.33. The first-order valence-corrected chi connectivity index (χ1v) is 12.6. The van der Waals surface area contributed by atoms with Gasteiger partial charge in [0, 0.05) is 34.5 Å². The van der Waals surface area contributed by atoms with E-state index >= 15 is 0 Å². The zero-order chi connectivity index (χ0) is 27.7. The number of dihydropyridines is 1. The van der Waals surface area contributed by atoms with Crippen molar-refractivity contribution in [3.8, 4) is 5.75 Å². The number of alkyl halides is 3. The van der Waals surface area contributed by atoms with E-state index in [1.54, 1.807) is 31.2 Å². The Labute approximate surface area is 224 Å². The molecule has 1 amide bonds. The maximum absolute atomic E-state index is 13.8. The number of hydrogen-bond donors (Lipinski definition) is 2. The molecule has 0 unspecified atom stereocenters. The number of halogens is 3. The Morgan fingerprint density at radius 1 is 0.949 bits per heavy atom. The molecule has 0 saturated carbocycles. The van der Waals surface area contributed by atoms with Crippen molar-refractivity contribution in [1.82, 2.24) is 5.32 Å². The second-order valence-corrected chi connectivity index (χ2v) is 9.67. The van der Waals surface area contributed by atoms with Crippen LogP contribution in [0, 0.1) is 0 Å². The minimum atomic E-state index is -4.65. The Bertz CT molecular complexity index is 1490. The number of ketones is 1. The molecule has 3 aromatic rings. The summed E-state index contributed by atoms with van der Waals surface area (Å²) in [6.07, 6.45) is -3.84. The smallest absolute Gasteiger partial charge is 0.418 e. The summed E-state index contributed by atoms with van der Waals surface area (Å²) in [7, 11) is 1.50. The Morgan fingerprint density at radius 3 is 2.33 bits per heavy atom. The summed E-state index contributed by atoms with van der Waals surface area (Å²) in [4.78, 5) is 27.5. The van der Waals surface area contributed by atoms with Crippen molar-refractivity contribution in [3.63, 3.8) is 0 Å². The number of carbonyl (C=O) groups excluding carboxylic acids is 2. The molecule has 0 spiro atoms. The van der Waals surface area contributed by atoms with Crippen molar-refractivity contribution in [2.24, 2.45) is 0 Å². The van der Waals surface area contributed by atoms with Crippen LogP contribution in [0.1, 0.15) is 48.3 Å². The van der Waals surface area contributed by atoms with Gasteiger partial charge in [0.05, 0.1) is 24.3 Å². The molecule has 0 saturated heterocycles. The van der Waals surface area contributed by atoms with Gasteiger partial charge in [0.15, 0.2) is 5.78 Å². The van der Waals surface area contributed by atoms with Crippen molar-refractivity contribution >= 4 is 17.4 Å². The van der Waals surface area contributed by atoms with E-state index in [9.17, 15) is 22.8 Å².